The number of hydrogen-bond acceptors (Lipinski definition) is 2. The average molecular weight is 257 g/mol. The van der Waals surface area contributed by atoms with Crippen molar-refractivity contribution in [3.05, 3.63) is 40.2 Å². The Morgan fingerprint density at radius 1 is 1.22 bits per heavy atom. The molecule has 0 unspecified atom stereocenters. The fourth-order valence-corrected chi connectivity index (χ4v) is 1.93. The van der Waals surface area contributed by atoms with Gasteiger partial charge in [-0.2, -0.15) is 13.2 Å². The molecule has 0 spiro atoms. The number of aromatic nitrogens is 1. The topological polar surface area (TPSA) is 31.2 Å². The van der Waals surface area contributed by atoms with Crippen LogP contribution in [0.25, 0.3) is 10.9 Å². The second kappa shape index (κ2) is 4.04. The van der Waals surface area contributed by atoms with E-state index in [1.165, 1.54) is 13.1 Å². The van der Waals surface area contributed by atoms with Gasteiger partial charge in [-0.1, -0.05) is 12.1 Å². The Balaban J connectivity index is 3.04. The number of hydrogen-bond donors (Lipinski definition) is 0. The quantitative estimate of drug-likeness (QED) is 0.786. The Bertz CT molecular complexity index is 659. The van der Waals surface area contributed by atoms with Gasteiger partial charge in [-0.25, -0.2) is 0 Å². The van der Waals surface area contributed by atoms with Crippen LogP contribution in [0.15, 0.2) is 29.1 Å². The summed E-state index contributed by atoms with van der Waals surface area (Å²) in [5.74, 6) is -0.429. The van der Waals surface area contributed by atoms with E-state index < -0.39 is 23.0 Å². The van der Waals surface area contributed by atoms with E-state index in [4.69, 9.17) is 4.74 Å². The van der Waals surface area contributed by atoms with E-state index in [1.807, 2.05) is 0 Å². The Morgan fingerprint density at radius 3 is 2.39 bits per heavy atom. The van der Waals surface area contributed by atoms with Crippen molar-refractivity contribution in [2.45, 2.75) is 6.18 Å². The molecule has 2 rings (SSSR count). The van der Waals surface area contributed by atoms with Gasteiger partial charge in [0, 0.05) is 12.4 Å². The van der Waals surface area contributed by atoms with Gasteiger partial charge in [-0.15, -0.1) is 0 Å². The molecule has 0 atom stereocenters. The maximum atomic E-state index is 12.9. The Labute approximate surface area is 100 Å². The summed E-state index contributed by atoms with van der Waals surface area (Å²) in [5.41, 5.74) is -1.99. The number of ether oxygens (including phenoxy) is 1. The number of halogens is 3. The molecular weight excluding hydrogens is 247 g/mol. The molecule has 3 nitrogen and oxygen atoms in total. The van der Waals surface area contributed by atoms with Crippen LogP contribution in [-0.4, -0.2) is 11.7 Å². The first-order chi connectivity index (χ1) is 8.38. The predicted molar refractivity (Wildman–Crippen MR) is 60.7 cm³/mol. The van der Waals surface area contributed by atoms with Crippen molar-refractivity contribution in [1.29, 1.82) is 0 Å². The summed E-state index contributed by atoms with van der Waals surface area (Å²) in [7, 11) is 2.43. The second-order valence-corrected chi connectivity index (χ2v) is 3.79. The average Bonchev–Trinajstić information content (AvgIpc) is 2.32. The highest BCUT2D eigenvalue weighted by molar-refractivity contribution is 5.86. The molecule has 1 aromatic carbocycles. The van der Waals surface area contributed by atoms with Crippen molar-refractivity contribution in [2.24, 2.45) is 7.05 Å². The fraction of sp³-hybridized carbons (Fsp3) is 0.250. The minimum Gasteiger partial charge on any atom is -0.495 e. The molecule has 0 aliphatic carbocycles. The lowest BCUT2D eigenvalue weighted by Gasteiger charge is -2.16. The molecule has 0 N–H and O–H groups in total. The second-order valence-electron chi connectivity index (χ2n) is 3.79. The highest BCUT2D eigenvalue weighted by Crippen LogP contribution is 2.37. The molecule has 18 heavy (non-hydrogen) atoms. The number of fused-ring (bicyclic) bond motifs is 1. The van der Waals surface area contributed by atoms with Crippen LogP contribution in [0.1, 0.15) is 5.56 Å². The van der Waals surface area contributed by atoms with Gasteiger partial charge in [-0.05, 0) is 12.1 Å². The molecule has 6 heteroatoms. The number of pyridine rings is 1. The number of para-hydroxylation sites is 1. The van der Waals surface area contributed by atoms with Crippen LogP contribution in [0, 0.1) is 0 Å². The molecular formula is C12H10F3NO2. The van der Waals surface area contributed by atoms with E-state index in [1.54, 1.807) is 18.2 Å². The zero-order valence-corrected chi connectivity index (χ0v) is 9.71. The van der Waals surface area contributed by atoms with Crippen LogP contribution in [0.3, 0.4) is 0 Å². The third-order valence-electron chi connectivity index (χ3n) is 2.74. The van der Waals surface area contributed by atoms with Crippen molar-refractivity contribution < 1.29 is 17.9 Å². The van der Waals surface area contributed by atoms with Crippen LogP contribution in [-0.2, 0) is 13.2 Å². The van der Waals surface area contributed by atoms with Gasteiger partial charge in [-0.3, -0.25) is 4.79 Å². The third-order valence-corrected chi connectivity index (χ3v) is 2.74. The van der Waals surface area contributed by atoms with Crippen LogP contribution in [0.5, 0.6) is 5.75 Å². The maximum Gasteiger partial charge on any atom is 0.425 e. The fourth-order valence-electron chi connectivity index (χ4n) is 1.93. The summed E-state index contributed by atoms with van der Waals surface area (Å²) in [6.07, 6.45) is -4.75. The number of aryl methyl sites for hydroxylation is 1. The molecule has 0 radical (unpaired) electrons. The molecule has 0 bridgehead atoms. The summed E-state index contributed by atoms with van der Waals surface area (Å²) in [4.78, 5) is 11.8. The lowest BCUT2D eigenvalue weighted by Crippen LogP contribution is -2.28. The molecule has 0 aliphatic rings. The van der Waals surface area contributed by atoms with E-state index >= 15 is 0 Å². The highest BCUT2D eigenvalue weighted by Gasteiger charge is 2.39. The van der Waals surface area contributed by atoms with E-state index in [2.05, 4.69) is 0 Å². The molecule has 0 saturated heterocycles. The summed E-state index contributed by atoms with van der Waals surface area (Å²) < 4.78 is 44.5. The van der Waals surface area contributed by atoms with Crippen molar-refractivity contribution in [3.8, 4) is 5.75 Å². The molecule has 0 saturated carbocycles. The number of alkyl halides is 3. The predicted octanol–water partition coefficient (Wildman–Crippen LogP) is 2.57. The van der Waals surface area contributed by atoms with Crippen molar-refractivity contribution in [3.63, 3.8) is 0 Å². The van der Waals surface area contributed by atoms with Gasteiger partial charge < -0.3 is 9.30 Å². The van der Waals surface area contributed by atoms with Crippen molar-refractivity contribution >= 4 is 10.9 Å². The maximum absolute atomic E-state index is 12.9. The van der Waals surface area contributed by atoms with E-state index in [-0.39, 0.29) is 5.39 Å². The van der Waals surface area contributed by atoms with Crippen LogP contribution >= 0.6 is 0 Å². The molecule has 96 valence electrons. The normalized spacial score (nSPS) is 11.8. The molecule has 2 aromatic rings. The van der Waals surface area contributed by atoms with E-state index in [0.29, 0.717) is 5.52 Å². The summed E-state index contributed by atoms with van der Waals surface area (Å²) in [6.45, 7) is 0. The molecule has 0 aliphatic heterocycles. The number of methoxy groups -OCH3 is 1. The largest absolute Gasteiger partial charge is 0.495 e. The van der Waals surface area contributed by atoms with E-state index in [0.717, 1.165) is 11.7 Å². The number of nitrogens with zero attached hydrogens (tertiary/aromatic N) is 1. The molecule has 1 aromatic heterocycles. The number of rotatable bonds is 1. The number of benzene rings is 1. The van der Waals surface area contributed by atoms with Gasteiger partial charge in [0.2, 0.25) is 0 Å². The van der Waals surface area contributed by atoms with Gasteiger partial charge in [0.1, 0.15) is 5.75 Å². The zero-order chi connectivity index (χ0) is 13.5. The van der Waals surface area contributed by atoms with Crippen LogP contribution < -0.4 is 10.3 Å². The first kappa shape index (κ1) is 12.5. The summed E-state index contributed by atoms with van der Waals surface area (Å²) >= 11 is 0. The monoisotopic (exact) mass is 257 g/mol. The van der Waals surface area contributed by atoms with Crippen molar-refractivity contribution in [2.75, 3.05) is 7.11 Å². The van der Waals surface area contributed by atoms with Gasteiger partial charge in [0.05, 0.1) is 12.6 Å². The minimum absolute atomic E-state index is 0.259. The smallest absolute Gasteiger partial charge is 0.425 e. The Hall–Kier alpha value is -1.98. The summed E-state index contributed by atoms with van der Waals surface area (Å²) in [6, 6.07) is 6.30. The molecule has 0 amide bonds. The SMILES string of the molecule is COc1c(C(F)(F)F)c(=O)n(C)c2ccccc12. The molecule has 1 heterocycles. The molecule has 0 fully saturated rings. The van der Waals surface area contributed by atoms with Crippen molar-refractivity contribution in [1.82, 2.24) is 4.57 Å². The first-order valence-corrected chi connectivity index (χ1v) is 5.11. The first-order valence-electron chi connectivity index (χ1n) is 5.11. The minimum atomic E-state index is -4.75. The summed E-state index contributed by atoms with van der Waals surface area (Å²) in [5, 5.41) is 0.259. The van der Waals surface area contributed by atoms with Gasteiger partial charge >= 0.3 is 6.18 Å². The van der Waals surface area contributed by atoms with Gasteiger partial charge in [0.25, 0.3) is 5.56 Å². The van der Waals surface area contributed by atoms with Crippen LogP contribution in [0.4, 0.5) is 13.2 Å². The Kier molecular flexibility index (Phi) is 2.80. The lowest BCUT2D eigenvalue weighted by atomic mass is 10.1. The standard InChI is InChI=1S/C12H10F3NO2/c1-16-8-6-4-3-5-7(8)10(18-2)9(11(16)17)12(13,14)15/h3-6H,1-2H3. The van der Waals surface area contributed by atoms with E-state index in [9.17, 15) is 18.0 Å². The van der Waals surface area contributed by atoms with Gasteiger partial charge in [0.15, 0.2) is 5.56 Å². The highest BCUT2D eigenvalue weighted by atomic mass is 19.4. The Morgan fingerprint density at radius 2 is 1.83 bits per heavy atom. The third kappa shape index (κ3) is 1.73. The van der Waals surface area contributed by atoms with Crippen LogP contribution in [0.2, 0.25) is 0 Å². The lowest BCUT2D eigenvalue weighted by molar-refractivity contribution is -0.139. The zero-order valence-electron chi connectivity index (χ0n) is 9.71.